The lowest BCUT2D eigenvalue weighted by molar-refractivity contribution is 0.0705. The fraction of sp³-hybridized carbons (Fsp3) is 0.435. The van der Waals surface area contributed by atoms with Crippen LogP contribution in [0.25, 0.3) is 0 Å². The molecule has 0 bridgehead atoms. The van der Waals surface area contributed by atoms with E-state index < -0.39 is 0 Å². The molecule has 2 aromatic rings. The number of hydrogen-bond acceptors (Lipinski definition) is 3. The van der Waals surface area contributed by atoms with Crippen LogP contribution < -0.4 is 5.32 Å². The molecule has 0 saturated heterocycles. The van der Waals surface area contributed by atoms with E-state index in [-0.39, 0.29) is 11.9 Å². The van der Waals surface area contributed by atoms with Gasteiger partial charge in [0.1, 0.15) is 5.69 Å². The topological polar surface area (TPSA) is 57.4 Å². The number of fused-ring (bicyclic) bond motifs is 1. The average Bonchev–Trinajstić information content (AvgIpc) is 3.18. The molecule has 148 valence electrons. The molecule has 2 aliphatic rings. The van der Waals surface area contributed by atoms with Crippen LogP contribution >= 0.6 is 0 Å². The lowest BCUT2D eigenvalue weighted by Crippen LogP contribution is -2.41. The fourth-order valence-corrected chi connectivity index (χ4v) is 4.15. The Morgan fingerprint density at radius 2 is 2.14 bits per heavy atom. The minimum Gasteiger partial charge on any atom is -0.384 e. The van der Waals surface area contributed by atoms with Crippen LogP contribution in [0, 0.1) is 0 Å². The molecule has 2 N–H and O–H groups in total. The number of likely N-dealkylation sites (N-methyl/N-ethyl adjacent to an activating group) is 1. The average molecular weight is 380 g/mol. The van der Waals surface area contributed by atoms with Crippen molar-refractivity contribution in [3.05, 3.63) is 70.7 Å². The Hall–Kier alpha value is -2.53. The zero-order chi connectivity index (χ0) is 19.3. The predicted molar refractivity (Wildman–Crippen MR) is 110 cm³/mol. The Kier molecular flexibility index (Phi) is 5.81. The molecule has 28 heavy (non-hydrogen) atoms. The van der Waals surface area contributed by atoms with Crippen molar-refractivity contribution in [1.29, 1.82) is 0 Å². The van der Waals surface area contributed by atoms with Gasteiger partial charge in [-0.3, -0.25) is 4.79 Å². The van der Waals surface area contributed by atoms with Gasteiger partial charge in [0.2, 0.25) is 0 Å². The van der Waals surface area contributed by atoms with Gasteiger partial charge in [-0.05, 0) is 49.5 Å². The third-order valence-electron chi connectivity index (χ3n) is 5.68. The second-order valence-corrected chi connectivity index (χ2v) is 7.57. The summed E-state index contributed by atoms with van der Waals surface area (Å²) < 4.78 is 5.51. The Labute approximate surface area is 166 Å². The number of aromatic nitrogens is 1. The minimum atomic E-state index is 0.0856. The van der Waals surface area contributed by atoms with Crippen molar-refractivity contribution < 1.29 is 9.53 Å². The van der Waals surface area contributed by atoms with Crippen molar-refractivity contribution in [1.82, 2.24) is 15.2 Å². The molecule has 1 aliphatic heterocycles. The van der Waals surface area contributed by atoms with E-state index in [1.807, 2.05) is 17.0 Å². The molecule has 5 nitrogen and oxygen atoms in total. The number of nitrogens with zero attached hydrogens (tertiary/aromatic N) is 1. The normalized spacial score (nSPS) is 18.9. The number of H-pyrrole nitrogens is 1. The van der Waals surface area contributed by atoms with Crippen molar-refractivity contribution in [3.8, 4) is 0 Å². The van der Waals surface area contributed by atoms with Crippen LogP contribution in [0.3, 0.4) is 0 Å². The van der Waals surface area contributed by atoms with E-state index in [2.05, 4.69) is 47.6 Å². The number of amides is 1. The number of carbonyl (C=O) groups excluding carboxylic acids is 1. The SMILES string of the molecule is CCN(C(=O)c1cc2c([nH]1)CCOC2)[C@@H]1C=C(NCc2ccccc2)CCC1. The Morgan fingerprint density at radius 1 is 1.29 bits per heavy atom. The second-order valence-electron chi connectivity index (χ2n) is 7.57. The largest absolute Gasteiger partial charge is 0.384 e. The van der Waals surface area contributed by atoms with Gasteiger partial charge in [0.05, 0.1) is 19.3 Å². The highest BCUT2D eigenvalue weighted by Crippen LogP contribution is 2.24. The van der Waals surface area contributed by atoms with E-state index in [0.29, 0.717) is 18.8 Å². The maximum absolute atomic E-state index is 13.2. The first-order chi connectivity index (χ1) is 13.7. The van der Waals surface area contributed by atoms with Crippen molar-refractivity contribution in [3.63, 3.8) is 0 Å². The molecule has 1 aliphatic carbocycles. The molecular formula is C23H29N3O2. The molecule has 5 heteroatoms. The summed E-state index contributed by atoms with van der Waals surface area (Å²) in [7, 11) is 0. The predicted octanol–water partition coefficient (Wildman–Crippen LogP) is 3.78. The third kappa shape index (κ3) is 4.14. The molecular weight excluding hydrogens is 350 g/mol. The van der Waals surface area contributed by atoms with Crippen molar-refractivity contribution in [2.45, 2.75) is 51.8 Å². The number of carbonyl (C=O) groups is 1. The van der Waals surface area contributed by atoms with Gasteiger partial charge >= 0.3 is 0 Å². The summed E-state index contributed by atoms with van der Waals surface area (Å²) in [6.45, 7) is 4.90. The maximum Gasteiger partial charge on any atom is 0.270 e. The first-order valence-electron chi connectivity index (χ1n) is 10.3. The Bertz CT molecular complexity index is 817. The molecule has 1 atom stereocenters. The summed E-state index contributed by atoms with van der Waals surface area (Å²) in [6.07, 6.45) is 6.26. The highest BCUT2D eigenvalue weighted by Gasteiger charge is 2.26. The molecule has 0 fully saturated rings. The first kappa shape index (κ1) is 18.8. The van der Waals surface area contributed by atoms with Crippen molar-refractivity contribution in [2.75, 3.05) is 13.2 Å². The standard InChI is InChI=1S/C23H29N3O2/c1-2-26(23(27)22-13-18-16-28-12-11-21(18)25-22)20-10-6-9-19(14-20)24-15-17-7-4-3-5-8-17/h3-5,7-8,13-14,20,24-25H,2,6,9-12,15-16H2,1H3/t20-/m0/s1. The van der Waals surface area contributed by atoms with E-state index in [4.69, 9.17) is 4.74 Å². The lowest BCUT2D eigenvalue weighted by Gasteiger charge is -2.32. The van der Waals surface area contributed by atoms with E-state index in [0.717, 1.165) is 50.1 Å². The number of nitrogens with one attached hydrogen (secondary N) is 2. The second kappa shape index (κ2) is 8.65. The minimum absolute atomic E-state index is 0.0856. The van der Waals surface area contributed by atoms with Crippen LogP contribution in [-0.4, -0.2) is 35.0 Å². The Balaban J connectivity index is 1.45. The summed E-state index contributed by atoms with van der Waals surface area (Å²) in [5.74, 6) is 0.0856. The van der Waals surface area contributed by atoms with Crippen LogP contribution in [0.4, 0.5) is 0 Å². The third-order valence-corrected chi connectivity index (χ3v) is 5.68. The van der Waals surface area contributed by atoms with E-state index in [9.17, 15) is 4.79 Å². The summed E-state index contributed by atoms with van der Waals surface area (Å²) in [5.41, 5.74) is 5.47. The molecule has 2 heterocycles. The van der Waals surface area contributed by atoms with Crippen molar-refractivity contribution in [2.24, 2.45) is 0 Å². The van der Waals surface area contributed by atoms with Gasteiger partial charge in [-0.25, -0.2) is 0 Å². The Morgan fingerprint density at radius 3 is 2.93 bits per heavy atom. The van der Waals surface area contributed by atoms with E-state index >= 15 is 0 Å². The van der Waals surface area contributed by atoms with Crippen LogP contribution in [0.1, 0.15) is 53.5 Å². The van der Waals surface area contributed by atoms with Gasteiger partial charge in [-0.1, -0.05) is 30.3 Å². The maximum atomic E-state index is 13.2. The zero-order valence-corrected chi connectivity index (χ0v) is 16.5. The number of allylic oxidation sites excluding steroid dienone is 1. The molecule has 1 aromatic carbocycles. The number of rotatable bonds is 6. The van der Waals surface area contributed by atoms with Crippen molar-refractivity contribution >= 4 is 5.91 Å². The van der Waals surface area contributed by atoms with Crippen LogP contribution in [-0.2, 0) is 24.3 Å². The van der Waals surface area contributed by atoms with Crippen LogP contribution in [0.2, 0.25) is 0 Å². The van der Waals surface area contributed by atoms with Gasteiger partial charge in [0, 0.05) is 30.9 Å². The number of benzene rings is 1. The molecule has 1 amide bonds. The highest BCUT2D eigenvalue weighted by atomic mass is 16.5. The quantitative estimate of drug-likeness (QED) is 0.803. The fourth-order valence-electron chi connectivity index (χ4n) is 4.15. The summed E-state index contributed by atoms with van der Waals surface area (Å²) in [4.78, 5) is 18.5. The highest BCUT2D eigenvalue weighted by molar-refractivity contribution is 5.93. The van der Waals surface area contributed by atoms with Gasteiger partial charge in [0.15, 0.2) is 0 Å². The summed E-state index contributed by atoms with van der Waals surface area (Å²) in [6, 6.07) is 12.5. The summed E-state index contributed by atoms with van der Waals surface area (Å²) in [5, 5.41) is 3.56. The van der Waals surface area contributed by atoms with E-state index in [1.54, 1.807) is 0 Å². The van der Waals surface area contributed by atoms with Crippen LogP contribution in [0.15, 0.2) is 48.2 Å². The van der Waals surface area contributed by atoms with Gasteiger partial charge in [-0.15, -0.1) is 0 Å². The number of aromatic amines is 1. The van der Waals surface area contributed by atoms with E-state index in [1.165, 1.54) is 11.3 Å². The molecule has 0 radical (unpaired) electrons. The molecule has 1 aromatic heterocycles. The molecule has 4 rings (SSSR count). The molecule has 0 unspecified atom stereocenters. The molecule has 0 spiro atoms. The number of hydrogen-bond donors (Lipinski definition) is 2. The first-order valence-corrected chi connectivity index (χ1v) is 10.3. The van der Waals surface area contributed by atoms with Gasteiger partial charge in [0.25, 0.3) is 5.91 Å². The summed E-state index contributed by atoms with van der Waals surface area (Å²) >= 11 is 0. The van der Waals surface area contributed by atoms with Crippen LogP contribution in [0.5, 0.6) is 0 Å². The van der Waals surface area contributed by atoms with Gasteiger partial charge < -0.3 is 19.9 Å². The monoisotopic (exact) mass is 379 g/mol. The molecule has 0 saturated carbocycles. The number of ether oxygens (including phenoxy) is 1. The zero-order valence-electron chi connectivity index (χ0n) is 16.5. The van der Waals surface area contributed by atoms with Gasteiger partial charge in [-0.2, -0.15) is 0 Å². The lowest BCUT2D eigenvalue weighted by atomic mass is 9.98. The smallest absolute Gasteiger partial charge is 0.270 e.